The first-order valence-electron chi connectivity index (χ1n) is 6.03. The Bertz CT molecular complexity index is 231. The summed E-state index contributed by atoms with van der Waals surface area (Å²) in [6, 6.07) is 0.111. The van der Waals surface area contributed by atoms with Crippen LogP contribution in [-0.4, -0.2) is 18.5 Å². The van der Waals surface area contributed by atoms with Gasteiger partial charge in [0.05, 0.1) is 0 Å². The van der Waals surface area contributed by atoms with E-state index in [0.29, 0.717) is 18.9 Å². The number of hydrogen-bond donors (Lipinski definition) is 2. The molecule has 0 aromatic rings. The van der Waals surface area contributed by atoms with Crippen LogP contribution in [0.4, 0.5) is 0 Å². The van der Waals surface area contributed by atoms with E-state index in [1.165, 1.54) is 0 Å². The van der Waals surface area contributed by atoms with Crippen molar-refractivity contribution in [2.24, 2.45) is 11.7 Å². The van der Waals surface area contributed by atoms with E-state index in [-0.39, 0.29) is 11.9 Å². The Hall–Kier alpha value is -1.01. The van der Waals surface area contributed by atoms with Crippen LogP contribution < -0.4 is 11.1 Å². The van der Waals surface area contributed by atoms with Gasteiger partial charge in [0.15, 0.2) is 0 Å². The molecule has 0 saturated heterocycles. The highest BCUT2D eigenvalue weighted by molar-refractivity contribution is 5.76. The molecule has 1 atom stereocenters. The molecule has 0 spiro atoms. The molecule has 0 aromatic carbocycles. The predicted molar refractivity (Wildman–Crippen MR) is 67.7 cm³/mol. The van der Waals surface area contributed by atoms with Crippen LogP contribution in [0.15, 0.2) is 0 Å². The van der Waals surface area contributed by atoms with E-state index in [9.17, 15) is 4.79 Å². The fourth-order valence-corrected chi connectivity index (χ4v) is 1.60. The maximum atomic E-state index is 11.5. The van der Waals surface area contributed by atoms with Crippen molar-refractivity contribution in [3.8, 4) is 12.3 Å². The van der Waals surface area contributed by atoms with Crippen molar-refractivity contribution in [3.05, 3.63) is 0 Å². The molecule has 0 aliphatic carbocycles. The van der Waals surface area contributed by atoms with Crippen LogP contribution in [0.3, 0.4) is 0 Å². The van der Waals surface area contributed by atoms with Crippen LogP contribution in [-0.2, 0) is 4.79 Å². The number of carbonyl (C=O) groups excluding carboxylic acids is 1. The van der Waals surface area contributed by atoms with Gasteiger partial charge in [-0.25, -0.2) is 0 Å². The second kappa shape index (κ2) is 9.23. The number of carbonyl (C=O) groups is 1. The van der Waals surface area contributed by atoms with Crippen LogP contribution in [0, 0.1) is 18.3 Å². The standard InChI is InChI=1S/C13H24N2O/c1-4-5-6-7-8-13(16)15-12(10-14)9-11(2)3/h1,11-12H,5-10,14H2,2-3H3,(H,15,16). The quantitative estimate of drug-likeness (QED) is 0.487. The zero-order valence-electron chi connectivity index (χ0n) is 10.5. The van der Waals surface area contributed by atoms with Gasteiger partial charge in [-0.1, -0.05) is 13.8 Å². The lowest BCUT2D eigenvalue weighted by molar-refractivity contribution is -0.121. The molecule has 0 bridgehead atoms. The van der Waals surface area contributed by atoms with Crippen LogP contribution in [0.1, 0.15) is 46.0 Å². The van der Waals surface area contributed by atoms with Gasteiger partial charge in [-0.2, -0.15) is 0 Å². The number of rotatable bonds is 8. The van der Waals surface area contributed by atoms with Gasteiger partial charge in [-0.15, -0.1) is 12.3 Å². The Labute approximate surface area is 99.2 Å². The van der Waals surface area contributed by atoms with Crippen LogP contribution in [0.25, 0.3) is 0 Å². The van der Waals surface area contributed by atoms with Crippen molar-refractivity contribution in [1.29, 1.82) is 0 Å². The number of unbranched alkanes of at least 4 members (excludes halogenated alkanes) is 2. The van der Waals surface area contributed by atoms with E-state index in [1.807, 2.05) is 0 Å². The van der Waals surface area contributed by atoms with Crippen molar-refractivity contribution in [1.82, 2.24) is 5.32 Å². The highest BCUT2D eigenvalue weighted by Crippen LogP contribution is 2.05. The molecule has 0 aromatic heterocycles. The van der Waals surface area contributed by atoms with E-state index in [4.69, 9.17) is 12.2 Å². The molecule has 92 valence electrons. The van der Waals surface area contributed by atoms with Crippen molar-refractivity contribution >= 4 is 5.91 Å². The molecule has 3 nitrogen and oxygen atoms in total. The van der Waals surface area contributed by atoms with E-state index >= 15 is 0 Å². The lowest BCUT2D eigenvalue weighted by atomic mass is 10.0. The van der Waals surface area contributed by atoms with E-state index in [1.54, 1.807) is 0 Å². The van der Waals surface area contributed by atoms with Gasteiger partial charge < -0.3 is 11.1 Å². The summed E-state index contributed by atoms with van der Waals surface area (Å²) in [5, 5.41) is 2.96. The fourth-order valence-electron chi connectivity index (χ4n) is 1.60. The molecule has 16 heavy (non-hydrogen) atoms. The second-order valence-electron chi connectivity index (χ2n) is 4.54. The molecule has 3 heteroatoms. The smallest absolute Gasteiger partial charge is 0.220 e. The third-order valence-electron chi connectivity index (χ3n) is 2.38. The third-order valence-corrected chi connectivity index (χ3v) is 2.38. The number of hydrogen-bond acceptors (Lipinski definition) is 2. The molecular weight excluding hydrogens is 200 g/mol. The summed E-state index contributed by atoms with van der Waals surface area (Å²) in [7, 11) is 0. The van der Waals surface area contributed by atoms with Crippen molar-refractivity contribution in [3.63, 3.8) is 0 Å². The maximum Gasteiger partial charge on any atom is 0.220 e. The number of terminal acetylenes is 1. The van der Waals surface area contributed by atoms with E-state index in [0.717, 1.165) is 25.7 Å². The average Bonchev–Trinajstić information content (AvgIpc) is 2.23. The monoisotopic (exact) mass is 224 g/mol. The first-order valence-corrected chi connectivity index (χ1v) is 6.03. The minimum atomic E-state index is 0.0909. The van der Waals surface area contributed by atoms with Crippen molar-refractivity contribution in [2.45, 2.75) is 52.0 Å². The van der Waals surface area contributed by atoms with Crippen LogP contribution in [0.5, 0.6) is 0 Å². The summed E-state index contributed by atoms with van der Waals surface area (Å²) in [4.78, 5) is 11.5. The highest BCUT2D eigenvalue weighted by Gasteiger charge is 2.11. The Balaban J connectivity index is 3.71. The Morgan fingerprint density at radius 1 is 1.44 bits per heavy atom. The molecule has 3 N–H and O–H groups in total. The van der Waals surface area contributed by atoms with Crippen LogP contribution in [0.2, 0.25) is 0 Å². The third kappa shape index (κ3) is 8.31. The van der Waals surface area contributed by atoms with Gasteiger partial charge >= 0.3 is 0 Å². The molecule has 0 radical (unpaired) electrons. The minimum absolute atomic E-state index is 0.0909. The molecule has 0 aliphatic rings. The van der Waals surface area contributed by atoms with Gasteiger partial charge in [0.25, 0.3) is 0 Å². The van der Waals surface area contributed by atoms with E-state index in [2.05, 4.69) is 25.1 Å². The fraction of sp³-hybridized carbons (Fsp3) is 0.769. The average molecular weight is 224 g/mol. The van der Waals surface area contributed by atoms with Gasteiger partial charge in [0, 0.05) is 25.4 Å². The summed E-state index contributed by atoms with van der Waals surface area (Å²) in [6.07, 6.45) is 9.15. The summed E-state index contributed by atoms with van der Waals surface area (Å²) in [5.41, 5.74) is 5.60. The first kappa shape index (κ1) is 15.0. The minimum Gasteiger partial charge on any atom is -0.352 e. The molecule has 0 aliphatic heterocycles. The Morgan fingerprint density at radius 2 is 2.12 bits per heavy atom. The summed E-state index contributed by atoms with van der Waals surface area (Å²) >= 11 is 0. The lowest BCUT2D eigenvalue weighted by Crippen LogP contribution is -2.40. The van der Waals surface area contributed by atoms with Crippen molar-refractivity contribution in [2.75, 3.05) is 6.54 Å². The highest BCUT2D eigenvalue weighted by atomic mass is 16.1. The number of amides is 1. The molecule has 0 fully saturated rings. The Morgan fingerprint density at radius 3 is 2.62 bits per heavy atom. The summed E-state index contributed by atoms with van der Waals surface area (Å²) in [5.74, 6) is 3.21. The summed E-state index contributed by atoms with van der Waals surface area (Å²) < 4.78 is 0. The number of nitrogens with two attached hydrogens (primary N) is 1. The second-order valence-corrected chi connectivity index (χ2v) is 4.54. The van der Waals surface area contributed by atoms with Gasteiger partial charge in [0.1, 0.15) is 0 Å². The molecule has 1 unspecified atom stereocenters. The summed E-state index contributed by atoms with van der Waals surface area (Å²) in [6.45, 7) is 4.76. The lowest BCUT2D eigenvalue weighted by Gasteiger charge is -2.18. The molecule has 0 saturated carbocycles. The maximum absolute atomic E-state index is 11.5. The van der Waals surface area contributed by atoms with Crippen LogP contribution >= 0.6 is 0 Å². The molecule has 0 heterocycles. The van der Waals surface area contributed by atoms with Gasteiger partial charge in [-0.05, 0) is 25.2 Å². The van der Waals surface area contributed by atoms with E-state index < -0.39 is 0 Å². The van der Waals surface area contributed by atoms with Gasteiger partial charge in [-0.3, -0.25) is 4.79 Å². The largest absolute Gasteiger partial charge is 0.352 e. The van der Waals surface area contributed by atoms with Gasteiger partial charge in [0.2, 0.25) is 5.91 Å². The molecule has 1 amide bonds. The SMILES string of the molecule is C#CCCCCC(=O)NC(CN)CC(C)C. The zero-order chi connectivity index (χ0) is 12.4. The zero-order valence-corrected chi connectivity index (χ0v) is 10.5. The Kier molecular flexibility index (Phi) is 8.65. The molecule has 0 rings (SSSR count). The first-order chi connectivity index (χ1) is 7.60. The topological polar surface area (TPSA) is 55.1 Å². The molecular formula is C13H24N2O. The normalized spacial score (nSPS) is 12.2. The predicted octanol–water partition coefficient (Wildman–Crippen LogP) is 1.67. The number of nitrogens with one attached hydrogen (secondary N) is 1. The van der Waals surface area contributed by atoms with Crippen molar-refractivity contribution < 1.29 is 4.79 Å².